The number of hydrogen-bond donors (Lipinski definition) is 0. The number of carbonyl (C=O) groups excluding carboxylic acids is 1. The zero-order chi connectivity index (χ0) is 25.7. The van der Waals surface area contributed by atoms with Gasteiger partial charge in [0.15, 0.2) is 0 Å². The number of thiazole rings is 1. The molecule has 2 aromatic heterocycles. The largest absolute Gasteiger partial charge is 0.337 e. The molecular formula is C29H33FN4OS. The number of aromatic nitrogens is 3. The molecule has 0 N–H and O–H groups in total. The zero-order valence-corrected chi connectivity index (χ0v) is 22.1. The third kappa shape index (κ3) is 6.26. The van der Waals surface area contributed by atoms with Crippen molar-refractivity contribution in [3.8, 4) is 0 Å². The van der Waals surface area contributed by atoms with Gasteiger partial charge in [-0.25, -0.2) is 14.4 Å². The van der Waals surface area contributed by atoms with E-state index in [1.54, 1.807) is 29.8 Å². The third-order valence-electron chi connectivity index (χ3n) is 6.67. The molecule has 188 valence electrons. The molecule has 0 saturated carbocycles. The quantitative estimate of drug-likeness (QED) is 0.291. The van der Waals surface area contributed by atoms with Gasteiger partial charge >= 0.3 is 0 Å². The Morgan fingerprint density at radius 3 is 2.69 bits per heavy atom. The fourth-order valence-electron chi connectivity index (χ4n) is 4.52. The van der Waals surface area contributed by atoms with Crippen molar-refractivity contribution < 1.29 is 9.18 Å². The molecule has 1 amide bonds. The van der Waals surface area contributed by atoms with Crippen LogP contribution in [0.2, 0.25) is 0 Å². The maximum absolute atomic E-state index is 13.3. The average Bonchev–Trinajstić information content (AvgIpc) is 3.60. The monoisotopic (exact) mass is 504 g/mol. The topological polar surface area (TPSA) is 51.0 Å². The van der Waals surface area contributed by atoms with Crippen LogP contribution in [0.3, 0.4) is 0 Å². The third-order valence-corrected chi connectivity index (χ3v) is 7.68. The van der Waals surface area contributed by atoms with Crippen molar-refractivity contribution in [1.82, 2.24) is 14.5 Å². The Morgan fingerprint density at radius 2 is 2.06 bits per heavy atom. The van der Waals surface area contributed by atoms with E-state index in [0.29, 0.717) is 18.9 Å². The van der Waals surface area contributed by atoms with E-state index < -0.39 is 0 Å². The van der Waals surface area contributed by atoms with E-state index in [1.807, 2.05) is 41.1 Å². The standard InChI is InChI=1S/C22H26N4OS.C7H7F/c1-15-4-5-17-6-7-18(13-19(15)17)26(14-20-23-8-10-25(20)3)21(27)12-16(2)22-24-9-11-28-22;1-6-3-2-4-7(8)5-6/h6-11,13,15-16H,4-5,12,14H2,1-3H3;2-5H,1H3/t15-,16+;/m0./s1. The van der Waals surface area contributed by atoms with E-state index in [2.05, 4.69) is 42.0 Å². The first-order chi connectivity index (χ1) is 17.3. The maximum atomic E-state index is 13.3. The number of anilines is 1. The summed E-state index contributed by atoms with van der Waals surface area (Å²) in [5, 5.41) is 2.97. The predicted octanol–water partition coefficient (Wildman–Crippen LogP) is 6.79. The van der Waals surface area contributed by atoms with Gasteiger partial charge in [0.05, 0.1) is 11.6 Å². The van der Waals surface area contributed by atoms with Crippen molar-refractivity contribution in [1.29, 1.82) is 0 Å². The molecule has 2 atom stereocenters. The molecule has 36 heavy (non-hydrogen) atoms. The average molecular weight is 505 g/mol. The highest BCUT2D eigenvalue weighted by Crippen LogP contribution is 2.36. The summed E-state index contributed by atoms with van der Waals surface area (Å²) in [5.41, 5.74) is 4.72. The summed E-state index contributed by atoms with van der Waals surface area (Å²) in [6, 6.07) is 13.0. The molecule has 2 heterocycles. The molecule has 0 fully saturated rings. The van der Waals surface area contributed by atoms with E-state index in [4.69, 9.17) is 0 Å². The number of benzene rings is 2. The van der Waals surface area contributed by atoms with Crippen LogP contribution in [-0.4, -0.2) is 20.4 Å². The molecule has 2 aromatic carbocycles. The number of fused-ring (bicyclic) bond motifs is 1. The molecule has 5 rings (SSSR count). The summed E-state index contributed by atoms with van der Waals surface area (Å²) in [5.74, 6) is 1.48. The van der Waals surface area contributed by atoms with Crippen molar-refractivity contribution in [2.75, 3.05) is 4.90 Å². The van der Waals surface area contributed by atoms with Gasteiger partial charge in [-0.05, 0) is 66.6 Å². The van der Waals surface area contributed by atoms with Gasteiger partial charge in [0.2, 0.25) is 5.91 Å². The Kier molecular flexibility index (Phi) is 8.31. The number of rotatable bonds is 6. The second-order valence-corrected chi connectivity index (χ2v) is 10.5. The minimum Gasteiger partial charge on any atom is -0.337 e. The summed E-state index contributed by atoms with van der Waals surface area (Å²) in [4.78, 5) is 24.0. The molecule has 1 aliphatic rings. The minimum atomic E-state index is -0.162. The van der Waals surface area contributed by atoms with Crippen LogP contribution < -0.4 is 4.90 Å². The van der Waals surface area contributed by atoms with Crippen LogP contribution in [-0.2, 0) is 24.8 Å². The number of amides is 1. The number of imidazole rings is 1. The van der Waals surface area contributed by atoms with E-state index in [-0.39, 0.29) is 17.6 Å². The fourth-order valence-corrected chi connectivity index (χ4v) is 5.22. The molecule has 0 unspecified atom stereocenters. The Morgan fingerprint density at radius 1 is 1.22 bits per heavy atom. The van der Waals surface area contributed by atoms with Gasteiger partial charge < -0.3 is 9.47 Å². The molecule has 0 bridgehead atoms. The summed E-state index contributed by atoms with van der Waals surface area (Å²) in [6.07, 6.45) is 8.25. The van der Waals surface area contributed by atoms with Crippen LogP contribution in [0.15, 0.2) is 66.4 Å². The SMILES string of the molecule is C[C@H](CC(=O)N(Cc1nccn1C)c1ccc2c(c1)[C@@H](C)CC2)c1nccs1.Cc1cccc(F)c1. The number of halogens is 1. The first-order valence-corrected chi connectivity index (χ1v) is 13.2. The number of aryl methyl sites for hydroxylation is 3. The Bertz CT molecular complexity index is 1280. The smallest absolute Gasteiger partial charge is 0.228 e. The normalized spacial score (nSPS) is 15.1. The Labute approximate surface area is 216 Å². The summed E-state index contributed by atoms with van der Waals surface area (Å²) >= 11 is 1.61. The lowest BCUT2D eigenvalue weighted by Crippen LogP contribution is -2.32. The van der Waals surface area contributed by atoms with Crippen LogP contribution in [0.1, 0.15) is 66.0 Å². The molecule has 7 heteroatoms. The highest BCUT2D eigenvalue weighted by Gasteiger charge is 2.25. The first-order valence-electron chi connectivity index (χ1n) is 12.3. The maximum Gasteiger partial charge on any atom is 0.228 e. The predicted molar refractivity (Wildman–Crippen MR) is 144 cm³/mol. The van der Waals surface area contributed by atoms with Gasteiger partial charge in [-0.15, -0.1) is 11.3 Å². The van der Waals surface area contributed by atoms with Crippen molar-refractivity contribution in [3.05, 3.63) is 99.8 Å². The van der Waals surface area contributed by atoms with Crippen molar-refractivity contribution in [2.45, 2.75) is 58.4 Å². The van der Waals surface area contributed by atoms with E-state index in [9.17, 15) is 9.18 Å². The highest BCUT2D eigenvalue weighted by atomic mass is 32.1. The van der Waals surface area contributed by atoms with Gasteiger partial charge in [0.25, 0.3) is 0 Å². The minimum absolute atomic E-state index is 0.102. The molecule has 0 saturated heterocycles. The Hall–Kier alpha value is -3.32. The van der Waals surface area contributed by atoms with Crippen molar-refractivity contribution in [2.24, 2.45) is 7.05 Å². The molecule has 1 aliphatic carbocycles. The fraction of sp³-hybridized carbons (Fsp3) is 0.345. The molecule has 5 nitrogen and oxygen atoms in total. The summed E-state index contributed by atoms with van der Waals surface area (Å²) in [7, 11) is 1.97. The van der Waals surface area contributed by atoms with Crippen LogP contribution >= 0.6 is 11.3 Å². The van der Waals surface area contributed by atoms with Gasteiger partial charge in [0, 0.05) is 49.0 Å². The first kappa shape index (κ1) is 25.8. The number of nitrogens with zero attached hydrogens (tertiary/aromatic N) is 4. The zero-order valence-electron chi connectivity index (χ0n) is 21.3. The van der Waals surface area contributed by atoms with Gasteiger partial charge in [0.1, 0.15) is 11.6 Å². The van der Waals surface area contributed by atoms with E-state index >= 15 is 0 Å². The number of carbonyl (C=O) groups is 1. The van der Waals surface area contributed by atoms with Crippen LogP contribution in [0.4, 0.5) is 10.1 Å². The number of hydrogen-bond acceptors (Lipinski definition) is 4. The Balaban J connectivity index is 0.000000325. The summed E-state index contributed by atoms with van der Waals surface area (Å²) < 4.78 is 14.1. The molecular weight excluding hydrogens is 471 g/mol. The summed E-state index contributed by atoms with van der Waals surface area (Å²) in [6.45, 7) is 6.68. The molecule has 0 spiro atoms. The molecule has 0 radical (unpaired) electrons. The van der Waals surface area contributed by atoms with Crippen molar-refractivity contribution >= 4 is 22.9 Å². The second kappa shape index (κ2) is 11.6. The van der Waals surface area contributed by atoms with E-state index in [1.165, 1.54) is 29.7 Å². The van der Waals surface area contributed by atoms with Gasteiger partial charge in [-0.2, -0.15) is 0 Å². The lowest BCUT2D eigenvalue weighted by molar-refractivity contribution is -0.119. The highest BCUT2D eigenvalue weighted by molar-refractivity contribution is 7.09. The van der Waals surface area contributed by atoms with Gasteiger partial charge in [-0.3, -0.25) is 4.79 Å². The van der Waals surface area contributed by atoms with E-state index in [0.717, 1.165) is 28.5 Å². The lowest BCUT2D eigenvalue weighted by Gasteiger charge is -2.25. The van der Waals surface area contributed by atoms with Crippen LogP contribution in [0.5, 0.6) is 0 Å². The molecule has 0 aliphatic heterocycles. The molecule has 4 aromatic rings. The lowest BCUT2D eigenvalue weighted by atomic mass is 10.0. The second-order valence-electron chi connectivity index (χ2n) is 9.53. The van der Waals surface area contributed by atoms with Crippen LogP contribution in [0.25, 0.3) is 0 Å². The van der Waals surface area contributed by atoms with Crippen LogP contribution in [0, 0.1) is 12.7 Å². The van der Waals surface area contributed by atoms with Gasteiger partial charge in [-0.1, -0.05) is 32.0 Å². The van der Waals surface area contributed by atoms with Crippen molar-refractivity contribution in [3.63, 3.8) is 0 Å².